The molecule has 86 valence electrons. The second-order valence-electron chi connectivity index (χ2n) is 4.11. The summed E-state index contributed by atoms with van der Waals surface area (Å²) in [6.45, 7) is 0. The van der Waals surface area contributed by atoms with E-state index >= 15 is 0 Å². The van der Waals surface area contributed by atoms with Gasteiger partial charge < -0.3 is 15.3 Å². The first kappa shape index (κ1) is 10.7. The zero-order chi connectivity index (χ0) is 12.1. The molecular formula is C10H10O6. The van der Waals surface area contributed by atoms with Crippen molar-refractivity contribution in [1.82, 2.24) is 0 Å². The van der Waals surface area contributed by atoms with E-state index in [0.717, 1.165) is 5.57 Å². The average Bonchev–Trinajstić information content (AvgIpc) is 2.92. The molecule has 1 atom stereocenters. The molecule has 2 aliphatic rings. The Morgan fingerprint density at radius 2 is 1.69 bits per heavy atom. The third-order valence-electron chi connectivity index (χ3n) is 3.40. The van der Waals surface area contributed by atoms with Crippen molar-refractivity contribution in [3.8, 4) is 0 Å². The van der Waals surface area contributed by atoms with Crippen LogP contribution in [0.2, 0.25) is 0 Å². The number of carbonyl (C=O) groups is 3. The molecule has 0 aromatic carbocycles. The summed E-state index contributed by atoms with van der Waals surface area (Å²) in [5.41, 5.74) is -1.16. The maximum Gasteiger partial charge on any atom is 0.326 e. The largest absolute Gasteiger partial charge is 0.481 e. The van der Waals surface area contributed by atoms with Gasteiger partial charge in [-0.25, -0.2) is 0 Å². The zero-order valence-electron chi connectivity index (χ0n) is 8.27. The molecule has 0 fully saturated rings. The first-order valence-corrected chi connectivity index (χ1v) is 4.83. The fourth-order valence-corrected chi connectivity index (χ4v) is 2.53. The summed E-state index contributed by atoms with van der Waals surface area (Å²) in [6, 6.07) is 0. The normalized spacial score (nSPS) is 25.9. The predicted molar refractivity (Wildman–Crippen MR) is 49.7 cm³/mol. The molecule has 2 aliphatic carbocycles. The number of aliphatic carboxylic acids is 3. The summed E-state index contributed by atoms with van der Waals surface area (Å²) in [5, 5.41) is 27.2. The van der Waals surface area contributed by atoms with Crippen LogP contribution in [0.5, 0.6) is 0 Å². The molecule has 0 radical (unpaired) electrons. The van der Waals surface area contributed by atoms with Crippen molar-refractivity contribution >= 4 is 17.9 Å². The van der Waals surface area contributed by atoms with E-state index in [4.69, 9.17) is 15.3 Å². The highest BCUT2D eigenvalue weighted by Crippen LogP contribution is 2.57. The van der Waals surface area contributed by atoms with Gasteiger partial charge in [0.15, 0.2) is 5.41 Å². The van der Waals surface area contributed by atoms with Crippen LogP contribution in [-0.4, -0.2) is 33.2 Å². The van der Waals surface area contributed by atoms with Crippen LogP contribution < -0.4 is 0 Å². The lowest BCUT2D eigenvalue weighted by molar-refractivity contribution is -0.172. The highest BCUT2D eigenvalue weighted by atomic mass is 16.4. The highest BCUT2D eigenvalue weighted by molar-refractivity contribution is 6.07. The Kier molecular flexibility index (Phi) is 2.04. The Balaban J connectivity index is 2.57. The van der Waals surface area contributed by atoms with Gasteiger partial charge >= 0.3 is 17.9 Å². The lowest BCUT2D eigenvalue weighted by Gasteiger charge is -2.30. The van der Waals surface area contributed by atoms with Gasteiger partial charge in [0.25, 0.3) is 0 Å². The summed E-state index contributed by atoms with van der Waals surface area (Å²) >= 11 is 0. The second kappa shape index (κ2) is 3.07. The molecule has 16 heavy (non-hydrogen) atoms. The van der Waals surface area contributed by atoms with Crippen LogP contribution in [0.4, 0.5) is 0 Å². The van der Waals surface area contributed by atoms with Crippen LogP contribution in [0.15, 0.2) is 11.1 Å². The number of carboxylic acid groups (broad SMARTS) is 3. The molecule has 0 aromatic rings. The van der Waals surface area contributed by atoms with E-state index in [1.165, 1.54) is 0 Å². The number of hydrogen-bond acceptors (Lipinski definition) is 3. The van der Waals surface area contributed by atoms with E-state index in [9.17, 15) is 14.4 Å². The van der Waals surface area contributed by atoms with Gasteiger partial charge in [-0.05, 0) is 24.8 Å². The summed E-state index contributed by atoms with van der Waals surface area (Å²) in [5.74, 6) is -5.87. The first-order valence-electron chi connectivity index (χ1n) is 4.83. The first-order chi connectivity index (χ1) is 7.42. The van der Waals surface area contributed by atoms with Crippen molar-refractivity contribution in [3.63, 3.8) is 0 Å². The Morgan fingerprint density at radius 3 is 2.12 bits per heavy atom. The number of rotatable bonds is 3. The van der Waals surface area contributed by atoms with Crippen molar-refractivity contribution < 1.29 is 29.7 Å². The molecule has 3 N–H and O–H groups in total. The minimum absolute atomic E-state index is 0.0762. The standard InChI is InChI=1S/C10H10O6/c11-7(12)5-2-1-4-3-6(4)10(5,8(13)14)9(15)16/h5H,1-3H2,(H,11,12)(H,13,14)(H,15,16). The van der Waals surface area contributed by atoms with Crippen molar-refractivity contribution in [2.75, 3.05) is 0 Å². The quantitative estimate of drug-likeness (QED) is 0.472. The van der Waals surface area contributed by atoms with E-state index in [1.54, 1.807) is 0 Å². The fourth-order valence-electron chi connectivity index (χ4n) is 2.53. The monoisotopic (exact) mass is 226 g/mol. The zero-order valence-corrected chi connectivity index (χ0v) is 8.27. The Bertz CT molecular complexity index is 419. The van der Waals surface area contributed by atoms with Crippen molar-refractivity contribution in [2.45, 2.75) is 19.3 Å². The lowest BCUT2D eigenvalue weighted by atomic mass is 9.69. The van der Waals surface area contributed by atoms with Gasteiger partial charge in [-0.1, -0.05) is 5.57 Å². The third kappa shape index (κ3) is 1.09. The van der Waals surface area contributed by atoms with Crippen LogP contribution in [0.3, 0.4) is 0 Å². The molecule has 0 aliphatic heterocycles. The molecule has 0 saturated carbocycles. The lowest BCUT2D eigenvalue weighted by Crippen LogP contribution is -2.49. The molecule has 0 aromatic heterocycles. The molecule has 0 spiro atoms. The highest BCUT2D eigenvalue weighted by Gasteiger charge is 2.64. The van der Waals surface area contributed by atoms with E-state index in [0.29, 0.717) is 12.8 Å². The molecule has 6 nitrogen and oxygen atoms in total. The van der Waals surface area contributed by atoms with Gasteiger partial charge in [0.2, 0.25) is 0 Å². The second-order valence-corrected chi connectivity index (χ2v) is 4.11. The van der Waals surface area contributed by atoms with Crippen LogP contribution >= 0.6 is 0 Å². The maximum absolute atomic E-state index is 11.2. The van der Waals surface area contributed by atoms with Crippen LogP contribution in [0.25, 0.3) is 0 Å². The van der Waals surface area contributed by atoms with E-state index in [1.807, 2.05) is 0 Å². The van der Waals surface area contributed by atoms with Crippen molar-refractivity contribution in [3.05, 3.63) is 11.1 Å². The van der Waals surface area contributed by atoms with Crippen molar-refractivity contribution in [1.29, 1.82) is 0 Å². The summed E-state index contributed by atoms with van der Waals surface area (Å²) in [7, 11) is 0. The fraction of sp³-hybridized carbons (Fsp3) is 0.500. The minimum Gasteiger partial charge on any atom is -0.481 e. The predicted octanol–water partition coefficient (Wildman–Crippen LogP) is 0.337. The van der Waals surface area contributed by atoms with Crippen LogP contribution in [0.1, 0.15) is 19.3 Å². The molecule has 1 unspecified atom stereocenters. The summed E-state index contributed by atoms with van der Waals surface area (Å²) in [4.78, 5) is 33.4. The van der Waals surface area contributed by atoms with Gasteiger partial charge in [0.1, 0.15) is 0 Å². The van der Waals surface area contributed by atoms with E-state index in [2.05, 4.69) is 0 Å². The van der Waals surface area contributed by atoms with Gasteiger partial charge in [0.05, 0.1) is 5.92 Å². The van der Waals surface area contributed by atoms with Gasteiger partial charge in [-0.3, -0.25) is 14.4 Å². The number of hydrogen-bond donors (Lipinski definition) is 3. The van der Waals surface area contributed by atoms with Gasteiger partial charge in [0, 0.05) is 0 Å². The van der Waals surface area contributed by atoms with Crippen molar-refractivity contribution in [2.24, 2.45) is 11.3 Å². The molecule has 6 heteroatoms. The van der Waals surface area contributed by atoms with E-state index in [-0.39, 0.29) is 12.0 Å². The van der Waals surface area contributed by atoms with E-state index < -0.39 is 29.2 Å². The molecular weight excluding hydrogens is 216 g/mol. The number of carboxylic acids is 3. The Labute approximate surface area is 90.2 Å². The topological polar surface area (TPSA) is 112 Å². The molecule has 0 bridgehead atoms. The van der Waals surface area contributed by atoms with Crippen LogP contribution in [0, 0.1) is 11.3 Å². The Morgan fingerprint density at radius 1 is 1.12 bits per heavy atom. The maximum atomic E-state index is 11.2. The smallest absolute Gasteiger partial charge is 0.326 e. The summed E-state index contributed by atoms with van der Waals surface area (Å²) in [6.07, 6.45) is 0.920. The summed E-state index contributed by atoms with van der Waals surface area (Å²) < 4.78 is 0. The molecule has 0 saturated heterocycles. The molecule has 2 rings (SSSR count). The van der Waals surface area contributed by atoms with Crippen LogP contribution in [-0.2, 0) is 14.4 Å². The molecule has 0 amide bonds. The Hall–Kier alpha value is -1.85. The third-order valence-corrected chi connectivity index (χ3v) is 3.40. The van der Waals surface area contributed by atoms with Gasteiger partial charge in [-0.15, -0.1) is 0 Å². The minimum atomic E-state index is -2.24. The average molecular weight is 226 g/mol. The van der Waals surface area contributed by atoms with Gasteiger partial charge in [-0.2, -0.15) is 0 Å². The number of allylic oxidation sites excluding steroid dienone is 1. The SMILES string of the molecule is O=C(O)C1CCC2=C(C2)C1(C(=O)O)C(=O)O. The molecule has 0 heterocycles.